The number of fused-ring (bicyclic) bond motifs is 2. The molecule has 0 radical (unpaired) electrons. The number of likely N-dealkylation sites (tertiary alicyclic amines) is 2. The molecule has 304 valence electrons. The first kappa shape index (κ1) is 41.0. The Bertz CT molecular complexity index is 2140. The number of amides is 2. The number of halogens is 5. The molecule has 13 nitrogen and oxygen atoms in total. The van der Waals surface area contributed by atoms with Gasteiger partial charge in [0, 0.05) is 43.8 Å². The second kappa shape index (κ2) is 15.4. The molecule has 0 spiro atoms. The van der Waals surface area contributed by atoms with Crippen molar-refractivity contribution in [2.45, 2.75) is 90.0 Å². The molecule has 1 N–H and O–H groups in total. The predicted molar refractivity (Wildman–Crippen MR) is 197 cm³/mol. The number of methoxy groups -OCH3 is 1. The summed E-state index contributed by atoms with van der Waals surface area (Å²) < 4.78 is 105. The van der Waals surface area contributed by atoms with E-state index in [1.807, 2.05) is 11.9 Å². The Labute approximate surface area is 323 Å². The van der Waals surface area contributed by atoms with E-state index in [1.54, 1.807) is 48.7 Å². The molecule has 2 fully saturated rings. The maximum absolute atomic E-state index is 17.1. The number of hydrogen-bond donors (Lipinski definition) is 1. The normalized spacial score (nSPS) is 19.5. The Hall–Kier alpha value is -4.62. The van der Waals surface area contributed by atoms with Crippen LogP contribution in [0, 0.1) is 11.6 Å². The van der Waals surface area contributed by atoms with Crippen LogP contribution in [0.15, 0.2) is 18.2 Å². The Morgan fingerprint density at radius 2 is 1.68 bits per heavy atom. The van der Waals surface area contributed by atoms with Gasteiger partial charge < -0.3 is 28.6 Å². The lowest BCUT2D eigenvalue weighted by Crippen LogP contribution is -2.36. The van der Waals surface area contributed by atoms with Gasteiger partial charge in [0.1, 0.15) is 35.2 Å². The molecule has 4 heterocycles. The number of aromatic nitrogens is 3. The molecule has 0 bridgehead atoms. The summed E-state index contributed by atoms with van der Waals surface area (Å²) in [7, 11) is 3.47. The molecule has 0 aliphatic carbocycles. The van der Waals surface area contributed by atoms with E-state index in [0.717, 1.165) is 12.1 Å². The fraction of sp³-hybridized carbons (Fsp3) is 0.541. The quantitative estimate of drug-likeness (QED) is 0.173. The molecule has 2 aromatic heterocycles. The summed E-state index contributed by atoms with van der Waals surface area (Å²) >= 11 is 0.641. The Kier molecular flexibility index (Phi) is 11.3. The van der Waals surface area contributed by atoms with E-state index in [2.05, 4.69) is 20.3 Å². The number of hydrogen-bond acceptors (Lipinski definition) is 12. The van der Waals surface area contributed by atoms with Crippen LogP contribution in [0.3, 0.4) is 0 Å². The SMILES string of the molecule is CO[C@@H]1C[C@@H](COc2nc(O[C@@H]3CCN(C(=O)OC(C)(C)C)C3)c3cc(C(F)(F)F)c(-c4ccc(F)c5sc(NC(=O)OC(C)(C)C)nc45)c(F)c3n2)N(C)C1. The molecule has 6 rings (SSSR count). The maximum Gasteiger partial charge on any atom is 0.417 e. The summed E-state index contributed by atoms with van der Waals surface area (Å²) in [6, 6.07) is 2.03. The Morgan fingerprint density at radius 1 is 0.964 bits per heavy atom. The van der Waals surface area contributed by atoms with Gasteiger partial charge in [-0.15, -0.1) is 0 Å². The van der Waals surface area contributed by atoms with E-state index in [0.29, 0.717) is 30.4 Å². The van der Waals surface area contributed by atoms with Crippen LogP contribution < -0.4 is 14.8 Å². The van der Waals surface area contributed by atoms with Crippen LogP contribution in [-0.2, 0) is 20.4 Å². The summed E-state index contributed by atoms with van der Waals surface area (Å²) in [5.74, 6) is -2.67. The smallest absolute Gasteiger partial charge is 0.417 e. The topological polar surface area (TPSA) is 137 Å². The van der Waals surface area contributed by atoms with E-state index < -0.39 is 80.8 Å². The van der Waals surface area contributed by atoms with Crippen LogP contribution >= 0.6 is 11.3 Å². The average Bonchev–Trinajstić information content (AvgIpc) is 3.81. The maximum atomic E-state index is 17.1. The third-order valence-electron chi connectivity index (χ3n) is 9.02. The molecule has 2 aromatic carbocycles. The third kappa shape index (κ3) is 9.15. The van der Waals surface area contributed by atoms with Crippen molar-refractivity contribution in [3.05, 3.63) is 35.4 Å². The van der Waals surface area contributed by atoms with E-state index in [1.165, 1.54) is 4.90 Å². The van der Waals surface area contributed by atoms with Gasteiger partial charge in [-0.1, -0.05) is 11.3 Å². The molecule has 56 heavy (non-hydrogen) atoms. The van der Waals surface area contributed by atoms with Gasteiger partial charge in [0.15, 0.2) is 10.9 Å². The molecule has 19 heteroatoms. The molecule has 3 atom stereocenters. The van der Waals surface area contributed by atoms with Crippen molar-refractivity contribution in [2.75, 3.05) is 45.7 Å². The molecule has 2 amide bonds. The van der Waals surface area contributed by atoms with Gasteiger partial charge in [-0.05, 0) is 73.2 Å². The molecule has 2 aliphatic heterocycles. The number of rotatable bonds is 8. The van der Waals surface area contributed by atoms with Crippen molar-refractivity contribution in [3.8, 4) is 23.0 Å². The monoisotopic (exact) mass is 810 g/mol. The van der Waals surface area contributed by atoms with Crippen LogP contribution in [0.2, 0.25) is 0 Å². The summed E-state index contributed by atoms with van der Waals surface area (Å²) in [4.78, 5) is 41.4. The number of alkyl halides is 3. The van der Waals surface area contributed by atoms with Crippen molar-refractivity contribution in [1.29, 1.82) is 0 Å². The standard InChI is InChI=1S/C37H43F5N6O7S/c1-35(2,3)54-33(49)46-32-44-28-21(9-10-24(38)29(28)56-32)25-23(37(40,41)42)14-22-27(26(25)39)43-31(52-17-18-13-20(51-8)15-47(18)7)45-30(22)53-19-11-12-48(16-19)34(50)55-36(4,5)6/h9-10,14,18-20H,11-13,15-17H2,1-8H3,(H,44,46,49)/t18-,19+,20+/m0/s1. The number of anilines is 1. The number of carbonyl (C=O) groups is 2. The summed E-state index contributed by atoms with van der Waals surface area (Å²) in [5.41, 5.74) is -5.37. The largest absolute Gasteiger partial charge is 0.472 e. The van der Waals surface area contributed by atoms with Gasteiger partial charge in [0.05, 0.1) is 33.8 Å². The van der Waals surface area contributed by atoms with Crippen molar-refractivity contribution < 1.29 is 55.2 Å². The zero-order valence-corrected chi connectivity index (χ0v) is 32.9. The average molecular weight is 811 g/mol. The van der Waals surface area contributed by atoms with Crippen molar-refractivity contribution in [2.24, 2.45) is 0 Å². The predicted octanol–water partition coefficient (Wildman–Crippen LogP) is 8.04. The van der Waals surface area contributed by atoms with Gasteiger partial charge in [-0.2, -0.15) is 23.1 Å². The van der Waals surface area contributed by atoms with Crippen LogP contribution in [0.4, 0.5) is 36.7 Å². The van der Waals surface area contributed by atoms with Gasteiger partial charge in [0.25, 0.3) is 0 Å². The lowest BCUT2D eigenvalue weighted by molar-refractivity contribution is -0.137. The molecular formula is C37H43F5N6O7S. The Balaban J connectivity index is 1.45. The minimum atomic E-state index is -5.16. The number of nitrogens with one attached hydrogen (secondary N) is 1. The summed E-state index contributed by atoms with van der Waals surface area (Å²) in [5, 5.41) is 1.77. The molecule has 0 unspecified atom stereocenters. The van der Waals surface area contributed by atoms with E-state index in [-0.39, 0.29) is 59.6 Å². The number of thiazole rings is 1. The van der Waals surface area contributed by atoms with Crippen molar-refractivity contribution >= 4 is 49.8 Å². The highest BCUT2D eigenvalue weighted by Gasteiger charge is 2.39. The minimum Gasteiger partial charge on any atom is -0.472 e. The van der Waals surface area contributed by atoms with Gasteiger partial charge in [0.2, 0.25) is 5.88 Å². The number of ether oxygens (including phenoxy) is 5. The van der Waals surface area contributed by atoms with Crippen LogP contribution in [0.5, 0.6) is 11.9 Å². The first-order valence-electron chi connectivity index (χ1n) is 17.8. The van der Waals surface area contributed by atoms with Crippen LogP contribution in [0.25, 0.3) is 32.2 Å². The minimum absolute atomic E-state index is 0.0195. The first-order valence-corrected chi connectivity index (χ1v) is 18.6. The highest BCUT2D eigenvalue weighted by molar-refractivity contribution is 7.22. The van der Waals surface area contributed by atoms with E-state index in [4.69, 9.17) is 23.7 Å². The molecule has 2 saturated heterocycles. The zero-order valence-electron chi connectivity index (χ0n) is 32.1. The van der Waals surface area contributed by atoms with Crippen molar-refractivity contribution in [3.63, 3.8) is 0 Å². The highest BCUT2D eigenvalue weighted by Crippen LogP contribution is 2.46. The number of benzene rings is 2. The van der Waals surface area contributed by atoms with Gasteiger partial charge in [-0.3, -0.25) is 10.2 Å². The second-order valence-corrected chi connectivity index (χ2v) is 16.7. The fourth-order valence-electron chi connectivity index (χ4n) is 6.48. The van der Waals surface area contributed by atoms with Gasteiger partial charge >= 0.3 is 24.4 Å². The number of nitrogens with zero attached hydrogens (tertiary/aromatic N) is 5. The van der Waals surface area contributed by atoms with Crippen LogP contribution in [0.1, 0.15) is 59.9 Å². The molecule has 0 saturated carbocycles. The van der Waals surface area contributed by atoms with Crippen LogP contribution in [-0.4, -0.2) is 107 Å². The van der Waals surface area contributed by atoms with Gasteiger partial charge in [-0.25, -0.2) is 23.4 Å². The third-order valence-corrected chi connectivity index (χ3v) is 10.00. The molecule has 2 aliphatic rings. The molecular weight excluding hydrogens is 767 g/mol. The zero-order chi connectivity index (χ0) is 40.9. The summed E-state index contributed by atoms with van der Waals surface area (Å²) in [6.45, 7) is 10.9. The van der Waals surface area contributed by atoms with Crippen molar-refractivity contribution in [1.82, 2.24) is 24.8 Å². The number of carbonyl (C=O) groups excluding carboxylic acids is 2. The Morgan fingerprint density at radius 3 is 2.32 bits per heavy atom. The van der Waals surface area contributed by atoms with E-state index >= 15 is 22.0 Å². The first-order chi connectivity index (χ1) is 26.1. The van der Waals surface area contributed by atoms with E-state index in [9.17, 15) is 9.59 Å². The fourth-order valence-corrected chi connectivity index (χ4v) is 7.36. The number of likely N-dealkylation sites (N-methyl/N-ethyl adjacent to an activating group) is 1. The second-order valence-electron chi connectivity index (χ2n) is 15.7. The lowest BCUT2D eigenvalue weighted by Gasteiger charge is -2.24. The molecule has 4 aromatic rings. The highest BCUT2D eigenvalue weighted by atomic mass is 32.1. The lowest BCUT2D eigenvalue weighted by atomic mass is 9.95. The summed E-state index contributed by atoms with van der Waals surface area (Å²) in [6.07, 6.45) is -6.61.